The number of nitrogens with one attached hydrogen (secondary N) is 2. The van der Waals surface area contributed by atoms with Crippen molar-refractivity contribution in [2.24, 2.45) is 0 Å². The molecule has 0 bridgehead atoms. The minimum atomic E-state index is 0.429. The third kappa shape index (κ3) is 6.31. The first kappa shape index (κ1) is 14.0. The van der Waals surface area contributed by atoms with E-state index in [1.165, 1.54) is 19.3 Å². The van der Waals surface area contributed by atoms with E-state index in [9.17, 15) is 0 Å². The average molecular weight is 254 g/mol. The van der Waals surface area contributed by atoms with Crippen LogP contribution in [0.5, 0.6) is 0 Å². The maximum absolute atomic E-state index is 5.22. The monoisotopic (exact) mass is 254 g/mol. The summed E-state index contributed by atoms with van der Waals surface area (Å²) < 4.78 is 5.22. The zero-order chi connectivity index (χ0) is 12.5. The van der Waals surface area contributed by atoms with Crippen molar-refractivity contribution in [1.29, 1.82) is 0 Å². The van der Waals surface area contributed by atoms with E-state index in [2.05, 4.69) is 24.5 Å². The van der Waals surface area contributed by atoms with Crippen molar-refractivity contribution in [3.05, 3.63) is 24.2 Å². The molecule has 4 heteroatoms. The molecule has 1 atom stereocenters. The summed E-state index contributed by atoms with van der Waals surface area (Å²) >= 11 is 5.22. The molecule has 0 radical (unpaired) electrons. The Hall–Kier alpha value is -1.03. The lowest BCUT2D eigenvalue weighted by atomic mass is 10.1. The summed E-state index contributed by atoms with van der Waals surface area (Å²) in [5.74, 6) is 0.896. The van der Waals surface area contributed by atoms with Gasteiger partial charge in [-0.3, -0.25) is 0 Å². The first-order chi connectivity index (χ1) is 8.22. The van der Waals surface area contributed by atoms with E-state index >= 15 is 0 Å². The van der Waals surface area contributed by atoms with Gasteiger partial charge in [-0.2, -0.15) is 0 Å². The fraction of sp³-hybridized carbons (Fsp3) is 0.615. The third-order valence-electron chi connectivity index (χ3n) is 2.62. The molecule has 1 rings (SSSR count). The highest BCUT2D eigenvalue weighted by molar-refractivity contribution is 7.80. The predicted molar refractivity (Wildman–Crippen MR) is 74.9 cm³/mol. The maximum atomic E-state index is 5.22. The van der Waals surface area contributed by atoms with Gasteiger partial charge in [-0.05, 0) is 37.7 Å². The topological polar surface area (TPSA) is 37.2 Å². The van der Waals surface area contributed by atoms with E-state index < -0.39 is 0 Å². The first-order valence-electron chi connectivity index (χ1n) is 6.29. The van der Waals surface area contributed by atoms with Gasteiger partial charge in [0, 0.05) is 6.04 Å². The summed E-state index contributed by atoms with van der Waals surface area (Å²) in [5.41, 5.74) is 0. The largest absolute Gasteiger partial charge is 0.467 e. The Morgan fingerprint density at radius 1 is 1.47 bits per heavy atom. The molecular formula is C13H22N2OS. The highest BCUT2D eigenvalue weighted by Gasteiger charge is 2.04. The summed E-state index contributed by atoms with van der Waals surface area (Å²) in [5, 5.41) is 7.11. The summed E-state index contributed by atoms with van der Waals surface area (Å²) in [6, 6.07) is 4.24. The molecule has 1 aromatic rings. The van der Waals surface area contributed by atoms with Gasteiger partial charge in [0.05, 0.1) is 12.8 Å². The molecule has 1 aromatic heterocycles. The minimum absolute atomic E-state index is 0.429. The number of furan rings is 1. The van der Waals surface area contributed by atoms with E-state index in [1.807, 2.05) is 12.1 Å². The summed E-state index contributed by atoms with van der Waals surface area (Å²) in [6.45, 7) is 5.02. The van der Waals surface area contributed by atoms with Gasteiger partial charge in [-0.25, -0.2) is 0 Å². The van der Waals surface area contributed by atoms with Crippen molar-refractivity contribution in [3.63, 3.8) is 0 Å². The van der Waals surface area contributed by atoms with Crippen LogP contribution in [0.15, 0.2) is 22.8 Å². The van der Waals surface area contributed by atoms with Gasteiger partial charge in [-0.15, -0.1) is 0 Å². The van der Waals surface area contributed by atoms with Crippen LogP contribution in [0.1, 0.15) is 45.3 Å². The molecule has 0 fully saturated rings. The Kier molecular flexibility index (Phi) is 6.70. The Morgan fingerprint density at radius 2 is 2.29 bits per heavy atom. The molecule has 0 aliphatic heterocycles. The molecule has 0 saturated heterocycles. The standard InChI is InChI=1S/C13H22N2OS/c1-3-4-5-7-11(2)15-13(17)14-10-12-8-6-9-16-12/h6,8-9,11H,3-5,7,10H2,1-2H3,(H2,14,15,17). The summed E-state index contributed by atoms with van der Waals surface area (Å²) in [6.07, 6.45) is 6.63. The number of hydrogen-bond acceptors (Lipinski definition) is 2. The summed E-state index contributed by atoms with van der Waals surface area (Å²) in [7, 11) is 0. The fourth-order valence-corrected chi connectivity index (χ4v) is 1.90. The quantitative estimate of drug-likeness (QED) is 0.579. The molecule has 17 heavy (non-hydrogen) atoms. The van der Waals surface area contributed by atoms with E-state index in [0.717, 1.165) is 12.2 Å². The van der Waals surface area contributed by atoms with Crippen molar-refractivity contribution >= 4 is 17.3 Å². The average Bonchev–Trinajstić information content (AvgIpc) is 2.79. The smallest absolute Gasteiger partial charge is 0.166 e. The zero-order valence-electron chi connectivity index (χ0n) is 10.7. The van der Waals surface area contributed by atoms with Gasteiger partial charge in [-0.1, -0.05) is 26.2 Å². The second-order valence-corrected chi connectivity index (χ2v) is 4.71. The van der Waals surface area contributed by atoms with Crippen LogP contribution in [0.25, 0.3) is 0 Å². The van der Waals surface area contributed by atoms with Crippen LogP contribution in [0.2, 0.25) is 0 Å². The maximum Gasteiger partial charge on any atom is 0.166 e. The molecule has 2 N–H and O–H groups in total. The molecule has 0 aliphatic carbocycles. The van der Waals surface area contributed by atoms with Crippen LogP contribution in [0.3, 0.4) is 0 Å². The number of hydrogen-bond donors (Lipinski definition) is 2. The molecule has 1 heterocycles. The van der Waals surface area contributed by atoms with Crippen molar-refractivity contribution in [2.45, 2.75) is 52.1 Å². The van der Waals surface area contributed by atoms with E-state index in [4.69, 9.17) is 16.6 Å². The molecule has 0 aromatic carbocycles. The van der Waals surface area contributed by atoms with Gasteiger partial charge in [0.1, 0.15) is 5.76 Å². The molecule has 96 valence electrons. The van der Waals surface area contributed by atoms with Crippen molar-refractivity contribution in [2.75, 3.05) is 0 Å². The second kappa shape index (κ2) is 8.12. The van der Waals surface area contributed by atoms with E-state index in [1.54, 1.807) is 6.26 Å². The van der Waals surface area contributed by atoms with Crippen molar-refractivity contribution in [1.82, 2.24) is 10.6 Å². The van der Waals surface area contributed by atoms with Crippen molar-refractivity contribution < 1.29 is 4.42 Å². The summed E-state index contributed by atoms with van der Waals surface area (Å²) in [4.78, 5) is 0. The van der Waals surface area contributed by atoms with Crippen LogP contribution in [0.4, 0.5) is 0 Å². The Morgan fingerprint density at radius 3 is 2.94 bits per heavy atom. The highest BCUT2D eigenvalue weighted by Crippen LogP contribution is 2.03. The molecular weight excluding hydrogens is 232 g/mol. The normalized spacial score (nSPS) is 12.1. The number of thiocarbonyl (C=S) groups is 1. The second-order valence-electron chi connectivity index (χ2n) is 4.30. The number of rotatable bonds is 7. The van der Waals surface area contributed by atoms with Gasteiger partial charge in [0.25, 0.3) is 0 Å². The van der Waals surface area contributed by atoms with Gasteiger partial charge < -0.3 is 15.1 Å². The fourth-order valence-electron chi connectivity index (χ4n) is 1.63. The SMILES string of the molecule is CCCCCC(C)NC(=S)NCc1ccco1. The lowest BCUT2D eigenvalue weighted by Gasteiger charge is -2.16. The van der Waals surface area contributed by atoms with Crippen LogP contribution in [0, 0.1) is 0 Å². The molecule has 0 saturated carbocycles. The molecule has 0 spiro atoms. The van der Waals surface area contributed by atoms with Crippen LogP contribution >= 0.6 is 12.2 Å². The van der Waals surface area contributed by atoms with Crippen LogP contribution in [-0.4, -0.2) is 11.2 Å². The minimum Gasteiger partial charge on any atom is -0.467 e. The Bertz CT molecular complexity index is 311. The van der Waals surface area contributed by atoms with Gasteiger partial charge in [0.2, 0.25) is 0 Å². The van der Waals surface area contributed by atoms with E-state index in [-0.39, 0.29) is 0 Å². The molecule has 3 nitrogen and oxygen atoms in total. The third-order valence-corrected chi connectivity index (χ3v) is 2.88. The predicted octanol–water partition coefficient (Wildman–Crippen LogP) is 3.21. The Labute approximate surface area is 109 Å². The van der Waals surface area contributed by atoms with Crippen LogP contribution in [-0.2, 0) is 6.54 Å². The zero-order valence-corrected chi connectivity index (χ0v) is 11.5. The highest BCUT2D eigenvalue weighted by atomic mass is 32.1. The van der Waals surface area contributed by atoms with Crippen molar-refractivity contribution in [3.8, 4) is 0 Å². The van der Waals surface area contributed by atoms with Gasteiger partial charge >= 0.3 is 0 Å². The van der Waals surface area contributed by atoms with E-state index in [0.29, 0.717) is 17.7 Å². The van der Waals surface area contributed by atoms with Crippen LogP contribution < -0.4 is 10.6 Å². The molecule has 1 unspecified atom stereocenters. The lowest BCUT2D eigenvalue weighted by molar-refractivity contribution is 0.499. The van der Waals surface area contributed by atoms with Gasteiger partial charge in [0.15, 0.2) is 5.11 Å². The first-order valence-corrected chi connectivity index (χ1v) is 6.70. The Balaban J connectivity index is 2.11. The molecule has 0 amide bonds. The molecule has 0 aliphatic rings. The lowest BCUT2D eigenvalue weighted by Crippen LogP contribution is -2.40. The number of unbranched alkanes of at least 4 members (excludes halogenated alkanes) is 2.